The van der Waals surface area contributed by atoms with Crippen LogP contribution in [0.5, 0.6) is 23.0 Å². The third kappa shape index (κ3) is 11.5. The fraction of sp³-hybridized carbons (Fsp3) is 0.529. The van der Waals surface area contributed by atoms with Crippen molar-refractivity contribution in [2.24, 2.45) is 5.41 Å². The van der Waals surface area contributed by atoms with E-state index in [2.05, 4.69) is 6.07 Å². The molecule has 0 spiro atoms. The highest BCUT2D eigenvalue weighted by atomic mass is 16.5. The van der Waals surface area contributed by atoms with Crippen LogP contribution in [0.3, 0.4) is 0 Å². The number of carbonyl (C=O) groups excluding carboxylic acids is 1. The van der Waals surface area contributed by atoms with Crippen molar-refractivity contribution in [3.63, 3.8) is 0 Å². The number of ether oxygens (including phenoxy) is 5. The van der Waals surface area contributed by atoms with Crippen molar-refractivity contribution in [3.8, 4) is 29.1 Å². The average molecular weight is 598 g/mol. The summed E-state index contributed by atoms with van der Waals surface area (Å²) in [5.41, 5.74) is 0.812. The summed E-state index contributed by atoms with van der Waals surface area (Å²) in [5, 5.41) is 28.2. The minimum atomic E-state index is -1.23. The molecule has 0 aliphatic rings. The second-order valence-corrected chi connectivity index (χ2v) is 10.7. The maximum Gasteiger partial charge on any atom is 0.316 e. The fourth-order valence-corrected chi connectivity index (χ4v) is 4.39. The standard InChI is InChI=1S/C34H47NO8/c1-34(24-36,25-37)33(38)43-19-13-11-9-7-5-6-8-10-12-18-42-30-16-14-26(21-31(30)40-3)20-28(23-35)27-15-17-29(39-2)32(22-27)41-4/h14-17,20-22,36-37H,5-13,18-19,24-25H2,1-4H3. The van der Waals surface area contributed by atoms with E-state index >= 15 is 0 Å². The molecule has 236 valence electrons. The number of rotatable bonds is 21. The first-order valence-electron chi connectivity index (χ1n) is 14.9. The number of aliphatic hydroxyl groups is 2. The molecule has 2 rings (SSSR count). The molecule has 0 aromatic heterocycles. The first-order valence-corrected chi connectivity index (χ1v) is 14.9. The van der Waals surface area contributed by atoms with Crippen molar-refractivity contribution < 1.29 is 38.7 Å². The molecule has 0 aliphatic heterocycles. The zero-order valence-electron chi connectivity index (χ0n) is 26.0. The lowest BCUT2D eigenvalue weighted by molar-refractivity contribution is -0.160. The van der Waals surface area contributed by atoms with Crippen LogP contribution in [0.4, 0.5) is 0 Å². The summed E-state index contributed by atoms with van der Waals surface area (Å²) in [5.74, 6) is 1.90. The van der Waals surface area contributed by atoms with E-state index in [0.717, 1.165) is 56.1 Å². The number of aliphatic hydroxyl groups excluding tert-OH is 2. The Morgan fingerprint density at radius 3 is 1.86 bits per heavy atom. The average Bonchev–Trinajstić information content (AvgIpc) is 3.04. The zero-order valence-corrected chi connectivity index (χ0v) is 26.0. The predicted molar refractivity (Wildman–Crippen MR) is 166 cm³/mol. The number of nitrogens with zero attached hydrogens (tertiary/aromatic N) is 1. The lowest BCUT2D eigenvalue weighted by Crippen LogP contribution is -2.37. The number of nitriles is 1. The minimum absolute atomic E-state index is 0.318. The molecule has 0 radical (unpaired) electrons. The van der Waals surface area contributed by atoms with E-state index in [0.29, 0.717) is 41.8 Å². The molecule has 2 aromatic rings. The van der Waals surface area contributed by atoms with Gasteiger partial charge in [0, 0.05) is 0 Å². The summed E-state index contributed by atoms with van der Waals surface area (Å²) in [7, 11) is 4.74. The summed E-state index contributed by atoms with van der Waals surface area (Å²) < 4.78 is 27.4. The Balaban J connectivity index is 1.67. The van der Waals surface area contributed by atoms with Crippen molar-refractivity contribution in [1.29, 1.82) is 5.26 Å². The smallest absolute Gasteiger partial charge is 0.316 e. The van der Waals surface area contributed by atoms with Crippen molar-refractivity contribution in [1.82, 2.24) is 0 Å². The van der Waals surface area contributed by atoms with E-state index in [1.807, 2.05) is 24.3 Å². The van der Waals surface area contributed by atoms with Gasteiger partial charge in [0.25, 0.3) is 0 Å². The SMILES string of the molecule is COc1ccc(C(C#N)=Cc2ccc(OCCCCCCCCCCCOC(=O)C(C)(CO)CO)c(OC)c2)cc1OC. The molecule has 0 amide bonds. The highest BCUT2D eigenvalue weighted by molar-refractivity contribution is 5.90. The van der Waals surface area contributed by atoms with Crippen LogP contribution in [0.2, 0.25) is 0 Å². The van der Waals surface area contributed by atoms with E-state index in [1.165, 1.54) is 19.8 Å². The number of unbranched alkanes of at least 4 members (excludes halogenated alkanes) is 8. The molecule has 0 bridgehead atoms. The van der Waals surface area contributed by atoms with Crippen LogP contribution in [-0.4, -0.2) is 63.9 Å². The van der Waals surface area contributed by atoms with E-state index in [4.69, 9.17) is 23.7 Å². The molecule has 0 aliphatic carbocycles. The van der Waals surface area contributed by atoms with Crippen LogP contribution in [0, 0.1) is 16.7 Å². The summed E-state index contributed by atoms with van der Waals surface area (Å²) in [6.07, 6.45) is 11.3. The Kier molecular flexibility index (Phi) is 16.0. The highest BCUT2D eigenvalue weighted by Crippen LogP contribution is 2.33. The number of esters is 1. The van der Waals surface area contributed by atoms with Crippen LogP contribution in [-0.2, 0) is 9.53 Å². The maximum atomic E-state index is 11.9. The third-order valence-electron chi connectivity index (χ3n) is 7.28. The van der Waals surface area contributed by atoms with Crippen molar-refractivity contribution in [2.75, 3.05) is 47.8 Å². The number of methoxy groups -OCH3 is 3. The molecule has 9 heteroatoms. The van der Waals surface area contributed by atoms with Gasteiger partial charge >= 0.3 is 5.97 Å². The number of carbonyl (C=O) groups is 1. The predicted octanol–water partition coefficient (Wildman–Crippen LogP) is 6.20. The first kappa shape index (κ1) is 35.5. The lowest BCUT2D eigenvalue weighted by Gasteiger charge is -2.22. The Morgan fingerprint density at radius 2 is 1.30 bits per heavy atom. The molecule has 43 heavy (non-hydrogen) atoms. The van der Waals surface area contributed by atoms with Crippen molar-refractivity contribution in [3.05, 3.63) is 47.5 Å². The second kappa shape index (κ2) is 19.4. The van der Waals surface area contributed by atoms with Crippen molar-refractivity contribution >= 4 is 17.6 Å². The fourth-order valence-electron chi connectivity index (χ4n) is 4.39. The highest BCUT2D eigenvalue weighted by Gasteiger charge is 2.33. The largest absolute Gasteiger partial charge is 0.493 e. The molecule has 0 saturated heterocycles. The van der Waals surface area contributed by atoms with Gasteiger partial charge in [-0.05, 0) is 67.3 Å². The molecule has 0 unspecified atom stereocenters. The van der Waals surface area contributed by atoms with Gasteiger partial charge in [-0.2, -0.15) is 5.26 Å². The Bertz CT molecular complexity index is 1200. The lowest BCUT2D eigenvalue weighted by atomic mass is 9.93. The Hall–Kier alpha value is -3.74. The molecule has 2 aromatic carbocycles. The Morgan fingerprint density at radius 1 is 0.767 bits per heavy atom. The van der Waals surface area contributed by atoms with Crippen LogP contribution in [0.15, 0.2) is 36.4 Å². The molecule has 0 fully saturated rings. The topological polar surface area (TPSA) is 127 Å². The first-order chi connectivity index (χ1) is 20.8. The summed E-state index contributed by atoms with van der Waals surface area (Å²) in [6, 6.07) is 13.3. The summed E-state index contributed by atoms with van der Waals surface area (Å²) in [6.45, 7) is 1.55. The van der Waals surface area contributed by atoms with Crippen molar-refractivity contribution in [2.45, 2.75) is 64.7 Å². The normalized spacial score (nSPS) is 11.5. The van der Waals surface area contributed by atoms with Gasteiger partial charge < -0.3 is 33.9 Å². The van der Waals surface area contributed by atoms with Gasteiger partial charge in [-0.15, -0.1) is 0 Å². The number of hydrogen-bond acceptors (Lipinski definition) is 9. The zero-order chi connectivity index (χ0) is 31.5. The number of allylic oxidation sites excluding steroid dienone is 1. The monoisotopic (exact) mass is 597 g/mol. The minimum Gasteiger partial charge on any atom is -0.493 e. The summed E-state index contributed by atoms with van der Waals surface area (Å²) in [4.78, 5) is 11.9. The Labute approximate surface area is 256 Å². The van der Waals surface area contributed by atoms with Crippen LogP contribution in [0.1, 0.15) is 75.8 Å². The molecule has 0 atom stereocenters. The molecular weight excluding hydrogens is 550 g/mol. The molecule has 0 heterocycles. The van der Waals surface area contributed by atoms with Crippen LogP contribution < -0.4 is 18.9 Å². The molecule has 9 nitrogen and oxygen atoms in total. The quantitative estimate of drug-likeness (QED) is 0.0748. The number of benzene rings is 2. The van der Waals surface area contributed by atoms with Crippen LogP contribution in [0.25, 0.3) is 11.6 Å². The molecule has 0 saturated carbocycles. The van der Waals surface area contributed by atoms with Gasteiger partial charge in [-0.25, -0.2) is 0 Å². The summed E-state index contributed by atoms with van der Waals surface area (Å²) >= 11 is 0. The van der Waals surface area contributed by atoms with Gasteiger partial charge in [0.1, 0.15) is 5.41 Å². The van der Waals surface area contributed by atoms with Gasteiger partial charge in [-0.3, -0.25) is 4.79 Å². The third-order valence-corrected chi connectivity index (χ3v) is 7.28. The van der Waals surface area contributed by atoms with Gasteiger partial charge in [-0.1, -0.05) is 51.0 Å². The van der Waals surface area contributed by atoms with Gasteiger partial charge in [0.05, 0.1) is 59.4 Å². The second-order valence-electron chi connectivity index (χ2n) is 10.7. The maximum absolute atomic E-state index is 11.9. The molecular formula is C34H47NO8. The number of hydrogen-bond donors (Lipinski definition) is 2. The van der Waals surface area contributed by atoms with E-state index < -0.39 is 24.6 Å². The van der Waals surface area contributed by atoms with Gasteiger partial charge in [0.15, 0.2) is 23.0 Å². The van der Waals surface area contributed by atoms with E-state index in [1.54, 1.807) is 39.5 Å². The van der Waals surface area contributed by atoms with Crippen LogP contribution >= 0.6 is 0 Å². The van der Waals surface area contributed by atoms with Gasteiger partial charge in [0.2, 0.25) is 0 Å². The van der Waals surface area contributed by atoms with E-state index in [9.17, 15) is 20.3 Å². The molecule has 2 N–H and O–H groups in total. The van der Waals surface area contributed by atoms with E-state index in [-0.39, 0.29) is 0 Å².